The minimum atomic E-state index is -0.120. The molecule has 148 valence electrons. The second kappa shape index (κ2) is 8.99. The van der Waals surface area contributed by atoms with E-state index in [2.05, 4.69) is 21.6 Å². The summed E-state index contributed by atoms with van der Waals surface area (Å²) in [6.45, 7) is 0. The summed E-state index contributed by atoms with van der Waals surface area (Å²) in [5, 5.41) is 22.1. The maximum Gasteiger partial charge on any atom is 0.276 e. The fraction of sp³-hybridized carbons (Fsp3) is 0.300. The van der Waals surface area contributed by atoms with E-state index >= 15 is 0 Å². The first-order valence-electron chi connectivity index (χ1n) is 9.21. The zero-order valence-electron chi connectivity index (χ0n) is 15.4. The summed E-state index contributed by atoms with van der Waals surface area (Å²) in [5.41, 5.74) is 2.54. The fourth-order valence-electron chi connectivity index (χ4n) is 3.17. The molecule has 9 heteroatoms. The van der Waals surface area contributed by atoms with Gasteiger partial charge in [-0.15, -0.1) is 21.5 Å². The van der Waals surface area contributed by atoms with Crippen molar-refractivity contribution in [2.75, 3.05) is 11.1 Å². The van der Waals surface area contributed by atoms with E-state index in [-0.39, 0.29) is 12.3 Å². The highest BCUT2D eigenvalue weighted by atomic mass is 35.5. The Morgan fingerprint density at radius 2 is 2.07 bits per heavy atom. The number of fused-ring (bicyclic) bond motifs is 1. The van der Waals surface area contributed by atoms with Gasteiger partial charge in [-0.1, -0.05) is 23.4 Å². The predicted octanol–water partition coefficient (Wildman–Crippen LogP) is 5.32. The van der Waals surface area contributed by atoms with Gasteiger partial charge in [0.05, 0.1) is 5.56 Å². The van der Waals surface area contributed by atoms with Crippen LogP contribution in [0, 0.1) is 11.3 Å². The fourth-order valence-corrected chi connectivity index (χ4v) is 5.25. The number of aryl methyl sites for hydroxylation is 1. The van der Waals surface area contributed by atoms with Crippen molar-refractivity contribution in [3.63, 3.8) is 0 Å². The van der Waals surface area contributed by atoms with Gasteiger partial charge in [0.15, 0.2) is 0 Å². The van der Waals surface area contributed by atoms with Crippen LogP contribution in [0.3, 0.4) is 0 Å². The summed E-state index contributed by atoms with van der Waals surface area (Å²) >= 11 is 8.74. The van der Waals surface area contributed by atoms with Gasteiger partial charge in [0.2, 0.25) is 11.8 Å². The second-order valence-electron chi connectivity index (χ2n) is 6.55. The lowest BCUT2D eigenvalue weighted by Crippen LogP contribution is -2.12. The molecule has 0 saturated carbocycles. The SMILES string of the molecule is N#Cc1c(NC(=O)CCSc2nnc(-c3ccc(Cl)cc3)o2)sc2c1CCCC2. The zero-order valence-corrected chi connectivity index (χ0v) is 17.8. The van der Waals surface area contributed by atoms with Crippen LogP contribution in [0.4, 0.5) is 5.00 Å². The van der Waals surface area contributed by atoms with Crippen LogP contribution in [0.1, 0.15) is 35.3 Å². The van der Waals surface area contributed by atoms with Crippen LogP contribution in [0.5, 0.6) is 0 Å². The van der Waals surface area contributed by atoms with Crippen LogP contribution in [-0.2, 0) is 17.6 Å². The standard InChI is InChI=1S/C20H17ClN4O2S2/c21-13-7-5-12(6-8-13)18-24-25-20(27-18)28-10-9-17(26)23-19-15(11-22)14-3-1-2-4-16(14)29-19/h5-8H,1-4,9-10H2,(H,23,26). The van der Waals surface area contributed by atoms with Crippen LogP contribution in [0.25, 0.3) is 11.5 Å². The van der Waals surface area contributed by atoms with Gasteiger partial charge in [0.1, 0.15) is 11.1 Å². The number of nitrogens with one attached hydrogen (secondary N) is 1. The molecular formula is C20H17ClN4O2S2. The molecule has 2 aromatic heterocycles. The summed E-state index contributed by atoms with van der Waals surface area (Å²) < 4.78 is 5.63. The average molecular weight is 445 g/mol. The van der Waals surface area contributed by atoms with E-state index in [1.807, 2.05) is 12.1 Å². The van der Waals surface area contributed by atoms with Crippen LogP contribution >= 0.6 is 34.7 Å². The number of thiophene rings is 1. The smallest absolute Gasteiger partial charge is 0.276 e. The number of benzene rings is 1. The van der Waals surface area contributed by atoms with Gasteiger partial charge in [-0.25, -0.2) is 0 Å². The number of anilines is 1. The predicted molar refractivity (Wildman–Crippen MR) is 114 cm³/mol. The molecule has 1 N–H and O–H groups in total. The molecule has 1 aliphatic rings. The van der Waals surface area contributed by atoms with Gasteiger partial charge in [0.25, 0.3) is 5.22 Å². The molecular weight excluding hydrogens is 428 g/mol. The Labute approximate surface area is 181 Å². The van der Waals surface area contributed by atoms with E-state index < -0.39 is 0 Å². The number of carbonyl (C=O) groups is 1. The Balaban J connectivity index is 1.31. The van der Waals surface area contributed by atoms with Crippen molar-refractivity contribution in [3.8, 4) is 17.5 Å². The van der Waals surface area contributed by atoms with Gasteiger partial charge >= 0.3 is 0 Å². The van der Waals surface area contributed by atoms with Gasteiger partial charge in [-0.2, -0.15) is 5.26 Å². The molecule has 0 radical (unpaired) electrons. The molecule has 0 unspecified atom stereocenters. The molecule has 6 nitrogen and oxygen atoms in total. The number of nitrogens with zero attached hydrogens (tertiary/aromatic N) is 3. The number of hydrogen-bond acceptors (Lipinski definition) is 7. The molecule has 1 amide bonds. The van der Waals surface area contributed by atoms with Gasteiger partial charge in [-0.3, -0.25) is 4.79 Å². The highest BCUT2D eigenvalue weighted by molar-refractivity contribution is 7.99. The third kappa shape index (κ3) is 4.64. The van der Waals surface area contributed by atoms with Crippen molar-refractivity contribution in [2.45, 2.75) is 37.3 Å². The summed E-state index contributed by atoms with van der Waals surface area (Å²) in [7, 11) is 0. The van der Waals surface area contributed by atoms with E-state index in [4.69, 9.17) is 16.0 Å². The summed E-state index contributed by atoms with van der Waals surface area (Å²) in [5.74, 6) is 0.794. The zero-order chi connectivity index (χ0) is 20.2. The lowest BCUT2D eigenvalue weighted by molar-refractivity contribution is -0.115. The number of nitriles is 1. The summed E-state index contributed by atoms with van der Waals surface area (Å²) in [6.07, 6.45) is 4.45. The number of carbonyl (C=O) groups excluding carboxylic acids is 1. The highest BCUT2D eigenvalue weighted by Gasteiger charge is 2.21. The van der Waals surface area contributed by atoms with Crippen LogP contribution in [-0.4, -0.2) is 21.9 Å². The van der Waals surface area contributed by atoms with Gasteiger partial charge in [0, 0.05) is 27.6 Å². The molecule has 2 heterocycles. The summed E-state index contributed by atoms with van der Waals surface area (Å²) in [4.78, 5) is 13.6. The van der Waals surface area contributed by atoms with Crippen LogP contribution < -0.4 is 5.32 Å². The van der Waals surface area contributed by atoms with Gasteiger partial charge in [-0.05, 0) is 55.5 Å². The van der Waals surface area contributed by atoms with Crippen molar-refractivity contribution in [3.05, 3.63) is 45.3 Å². The van der Waals surface area contributed by atoms with Crippen molar-refractivity contribution in [2.24, 2.45) is 0 Å². The van der Waals surface area contributed by atoms with E-state index in [1.165, 1.54) is 28.0 Å². The minimum Gasteiger partial charge on any atom is -0.411 e. The second-order valence-corrected chi connectivity index (χ2v) is 9.14. The van der Waals surface area contributed by atoms with E-state index in [9.17, 15) is 10.1 Å². The van der Waals surface area contributed by atoms with Crippen molar-refractivity contribution in [1.29, 1.82) is 5.26 Å². The lowest BCUT2D eigenvalue weighted by atomic mass is 9.96. The molecule has 0 fully saturated rings. The normalized spacial score (nSPS) is 13.0. The molecule has 29 heavy (non-hydrogen) atoms. The van der Waals surface area contributed by atoms with Crippen molar-refractivity contribution >= 4 is 45.6 Å². The van der Waals surface area contributed by atoms with Crippen LogP contribution in [0.15, 0.2) is 33.9 Å². The number of thioether (sulfide) groups is 1. The number of halogens is 1. The Morgan fingerprint density at radius 1 is 1.28 bits per heavy atom. The number of rotatable bonds is 6. The number of hydrogen-bond donors (Lipinski definition) is 1. The molecule has 1 aromatic carbocycles. The Bertz CT molecular complexity index is 1070. The van der Waals surface area contributed by atoms with E-state index in [0.717, 1.165) is 36.8 Å². The first-order valence-corrected chi connectivity index (χ1v) is 11.4. The summed E-state index contributed by atoms with van der Waals surface area (Å²) in [6, 6.07) is 9.40. The topological polar surface area (TPSA) is 91.8 Å². The molecule has 3 aromatic rings. The number of aromatic nitrogens is 2. The van der Waals surface area contributed by atoms with Crippen molar-refractivity contribution in [1.82, 2.24) is 10.2 Å². The third-order valence-corrected chi connectivity index (χ3v) is 6.87. The quantitative estimate of drug-likeness (QED) is 0.517. The van der Waals surface area contributed by atoms with Gasteiger partial charge < -0.3 is 9.73 Å². The molecule has 0 spiro atoms. The molecule has 4 rings (SSSR count). The Hall–Kier alpha value is -2.34. The number of amides is 1. The molecule has 0 saturated heterocycles. The maximum atomic E-state index is 12.3. The molecule has 0 bridgehead atoms. The Morgan fingerprint density at radius 3 is 2.86 bits per heavy atom. The largest absolute Gasteiger partial charge is 0.411 e. The monoisotopic (exact) mass is 444 g/mol. The average Bonchev–Trinajstić information content (AvgIpc) is 3.32. The van der Waals surface area contributed by atoms with Crippen LogP contribution in [0.2, 0.25) is 5.02 Å². The maximum absolute atomic E-state index is 12.3. The minimum absolute atomic E-state index is 0.120. The Kier molecular flexibility index (Phi) is 6.19. The third-order valence-electron chi connectivity index (χ3n) is 4.59. The highest BCUT2D eigenvalue weighted by Crippen LogP contribution is 2.37. The molecule has 0 aliphatic heterocycles. The molecule has 1 aliphatic carbocycles. The molecule has 0 atom stereocenters. The van der Waals surface area contributed by atoms with E-state index in [0.29, 0.717) is 32.5 Å². The first-order chi connectivity index (χ1) is 14.1. The van der Waals surface area contributed by atoms with E-state index in [1.54, 1.807) is 12.1 Å². The first kappa shape index (κ1) is 20.0. The lowest BCUT2D eigenvalue weighted by Gasteiger charge is -2.09. The van der Waals surface area contributed by atoms with Crippen molar-refractivity contribution < 1.29 is 9.21 Å².